The first-order chi connectivity index (χ1) is 13.2. The predicted octanol–water partition coefficient (Wildman–Crippen LogP) is 5.35. The molecular weight excluding hydrogens is 384 g/mol. The number of allylic oxidation sites excluding steroid dienone is 6. The van der Waals surface area contributed by atoms with Gasteiger partial charge in [0, 0.05) is 0 Å². The van der Waals surface area contributed by atoms with E-state index in [9.17, 15) is 5.11 Å². The quantitative estimate of drug-likeness (QED) is 0.324. The van der Waals surface area contributed by atoms with Crippen molar-refractivity contribution < 1.29 is 22.2 Å². The third kappa shape index (κ3) is 6.49. The summed E-state index contributed by atoms with van der Waals surface area (Å²) in [6.07, 6.45) is 7.73. The smallest absolute Gasteiger partial charge is 0.875 e. The molecule has 0 saturated carbocycles. The molecule has 1 aliphatic rings. The van der Waals surface area contributed by atoms with E-state index in [0.717, 1.165) is 24.0 Å². The average Bonchev–Trinajstić information content (AvgIpc) is 3.36. The summed E-state index contributed by atoms with van der Waals surface area (Å²) in [5, 5.41) is 11.3. The third-order valence-corrected chi connectivity index (χ3v) is 4.51. The van der Waals surface area contributed by atoms with Crippen molar-refractivity contribution in [2.24, 2.45) is 0 Å². The fourth-order valence-corrected chi connectivity index (χ4v) is 3.13. The van der Waals surface area contributed by atoms with Crippen LogP contribution in [0.5, 0.6) is 0 Å². The fourth-order valence-electron chi connectivity index (χ4n) is 3.13. The van der Waals surface area contributed by atoms with E-state index in [1.807, 2.05) is 36.4 Å². The van der Waals surface area contributed by atoms with Crippen LogP contribution in [-0.4, -0.2) is 0 Å². The molecule has 2 heteroatoms. The Hall–Kier alpha value is -2.67. The minimum absolute atomic E-state index is 0. The molecule has 1 nitrogen and oxygen atoms in total. The van der Waals surface area contributed by atoms with Crippen molar-refractivity contribution in [2.45, 2.75) is 19.8 Å². The van der Waals surface area contributed by atoms with Gasteiger partial charge in [0.15, 0.2) is 0 Å². The third-order valence-electron chi connectivity index (χ3n) is 4.51. The molecule has 0 N–H and O–H groups in total. The van der Waals surface area contributed by atoms with Crippen LogP contribution in [0.4, 0.5) is 0 Å². The van der Waals surface area contributed by atoms with Gasteiger partial charge in [0.1, 0.15) is 0 Å². The van der Waals surface area contributed by atoms with Crippen LogP contribution in [0.3, 0.4) is 0 Å². The zero-order valence-corrected chi connectivity index (χ0v) is 17.1. The fraction of sp³-hybridized carbons (Fsp3) is 0.115. The maximum absolute atomic E-state index is 11.3. The molecule has 0 aromatic heterocycles. The molecular formula is C26H24FeO. The number of hydrogen-bond donors (Lipinski definition) is 0. The second-order valence-corrected chi connectivity index (χ2v) is 6.64. The molecule has 3 aromatic rings. The Labute approximate surface area is 178 Å². The van der Waals surface area contributed by atoms with Gasteiger partial charge in [-0.05, 0) is 35.1 Å². The SMILES string of the molecule is CC([O-])=C1C=CC=C1Cc1ccccc1.[Fe+2].c1ccc(Cc2ccc[cH-]2)cc1. The minimum atomic E-state index is 0. The topological polar surface area (TPSA) is 23.1 Å². The summed E-state index contributed by atoms with van der Waals surface area (Å²) < 4.78 is 0. The van der Waals surface area contributed by atoms with Gasteiger partial charge in [-0.25, -0.2) is 12.1 Å². The van der Waals surface area contributed by atoms with Crippen molar-refractivity contribution in [1.82, 2.24) is 0 Å². The molecule has 0 saturated heterocycles. The monoisotopic (exact) mass is 408 g/mol. The second kappa shape index (κ2) is 11.2. The van der Waals surface area contributed by atoms with Crippen molar-refractivity contribution in [3.05, 3.63) is 137 Å². The number of rotatable bonds is 4. The Bertz CT molecular complexity index is 913. The molecule has 0 heterocycles. The van der Waals surface area contributed by atoms with Gasteiger partial charge >= 0.3 is 17.1 Å². The summed E-state index contributed by atoms with van der Waals surface area (Å²) in [6.45, 7) is 1.61. The number of benzene rings is 2. The normalized spacial score (nSPS) is 13.8. The Balaban J connectivity index is 0.000000198. The van der Waals surface area contributed by atoms with E-state index < -0.39 is 0 Å². The van der Waals surface area contributed by atoms with E-state index in [4.69, 9.17) is 0 Å². The zero-order valence-electron chi connectivity index (χ0n) is 16.0. The predicted molar refractivity (Wildman–Crippen MR) is 111 cm³/mol. The molecule has 0 fully saturated rings. The zero-order chi connectivity index (χ0) is 18.9. The molecule has 0 unspecified atom stereocenters. The first-order valence-corrected chi connectivity index (χ1v) is 9.26. The van der Waals surface area contributed by atoms with Gasteiger partial charge in [-0.3, -0.25) is 0 Å². The van der Waals surface area contributed by atoms with E-state index in [-0.39, 0.29) is 22.8 Å². The summed E-state index contributed by atoms with van der Waals surface area (Å²) in [7, 11) is 0. The molecule has 0 spiro atoms. The van der Waals surface area contributed by atoms with Crippen molar-refractivity contribution >= 4 is 0 Å². The van der Waals surface area contributed by atoms with Gasteiger partial charge < -0.3 is 5.11 Å². The summed E-state index contributed by atoms with van der Waals surface area (Å²) >= 11 is 0. The van der Waals surface area contributed by atoms with E-state index >= 15 is 0 Å². The number of hydrogen-bond acceptors (Lipinski definition) is 1. The van der Waals surface area contributed by atoms with Gasteiger partial charge in [0.25, 0.3) is 0 Å². The van der Waals surface area contributed by atoms with E-state index in [0.29, 0.717) is 0 Å². The van der Waals surface area contributed by atoms with Gasteiger partial charge in [-0.15, -0.1) is 5.76 Å². The van der Waals surface area contributed by atoms with E-state index in [1.54, 1.807) is 6.92 Å². The summed E-state index contributed by atoms with van der Waals surface area (Å²) in [6, 6.07) is 29.2. The standard InChI is InChI=1S/C14H14O.C12H11.Fe/c1-11(15)14-9-5-8-13(14)10-12-6-3-2-4-7-12;1-2-6-11(7-3-1)10-12-8-4-5-9-12;/h2-9,15H,10H2,1H3;1-9H,10H2;/q;-1;+2/p-1. The molecule has 0 radical (unpaired) electrons. The van der Waals surface area contributed by atoms with Gasteiger partial charge in [0.05, 0.1) is 0 Å². The van der Waals surface area contributed by atoms with E-state index in [2.05, 4.69) is 66.7 Å². The van der Waals surface area contributed by atoms with Crippen molar-refractivity contribution in [3.8, 4) is 0 Å². The van der Waals surface area contributed by atoms with Crippen molar-refractivity contribution in [2.75, 3.05) is 0 Å². The van der Waals surface area contributed by atoms with Crippen molar-refractivity contribution in [3.63, 3.8) is 0 Å². The maximum atomic E-state index is 11.3. The maximum Gasteiger partial charge on any atom is 2.00 e. The molecule has 1 aliphatic carbocycles. The van der Waals surface area contributed by atoms with Crippen LogP contribution < -0.4 is 5.11 Å². The summed E-state index contributed by atoms with van der Waals surface area (Å²) in [4.78, 5) is 0. The second-order valence-electron chi connectivity index (χ2n) is 6.64. The van der Waals surface area contributed by atoms with Gasteiger partial charge in [-0.1, -0.05) is 85.8 Å². The minimum Gasteiger partial charge on any atom is -0.875 e. The first-order valence-electron chi connectivity index (χ1n) is 9.26. The molecule has 0 amide bonds. The van der Waals surface area contributed by atoms with Crippen LogP contribution in [0, 0.1) is 0 Å². The Morgan fingerprint density at radius 2 is 1.43 bits per heavy atom. The summed E-state index contributed by atoms with van der Waals surface area (Å²) in [5.74, 6) is 0.144. The molecule has 0 bridgehead atoms. The first kappa shape index (κ1) is 21.6. The Kier molecular flexibility index (Phi) is 8.68. The molecule has 3 aromatic carbocycles. The van der Waals surface area contributed by atoms with Crippen molar-refractivity contribution in [1.29, 1.82) is 0 Å². The average molecular weight is 408 g/mol. The molecule has 28 heavy (non-hydrogen) atoms. The Morgan fingerprint density at radius 3 is 1.96 bits per heavy atom. The Morgan fingerprint density at radius 1 is 0.821 bits per heavy atom. The van der Waals surface area contributed by atoms with Crippen LogP contribution in [0.25, 0.3) is 0 Å². The van der Waals surface area contributed by atoms with Crippen LogP contribution in [0.1, 0.15) is 23.6 Å². The van der Waals surface area contributed by atoms with Gasteiger partial charge in [0.2, 0.25) is 0 Å². The largest absolute Gasteiger partial charge is 2.00 e. The van der Waals surface area contributed by atoms with Gasteiger partial charge in [-0.2, -0.15) is 17.7 Å². The van der Waals surface area contributed by atoms with Crippen LogP contribution in [-0.2, 0) is 29.9 Å². The molecule has 0 atom stereocenters. The molecule has 4 rings (SSSR count). The summed E-state index contributed by atoms with van der Waals surface area (Å²) in [5.41, 5.74) is 5.98. The van der Waals surface area contributed by atoms with Crippen LogP contribution in [0.2, 0.25) is 0 Å². The van der Waals surface area contributed by atoms with Crippen LogP contribution in [0.15, 0.2) is 120 Å². The van der Waals surface area contributed by atoms with Crippen LogP contribution >= 0.6 is 0 Å². The van der Waals surface area contributed by atoms with E-state index in [1.165, 1.54) is 16.7 Å². The molecule has 0 aliphatic heterocycles. The molecule has 142 valence electrons.